The van der Waals surface area contributed by atoms with E-state index in [0.717, 1.165) is 26.1 Å². The summed E-state index contributed by atoms with van der Waals surface area (Å²) in [5, 5.41) is 3.41. The number of rotatable bonds is 1. The van der Waals surface area contributed by atoms with E-state index in [0.29, 0.717) is 17.9 Å². The molecule has 2 saturated heterocycles. The Morgan fingerprint density at radius 3 is 2.92 bits per heavy atom. The lowest BCUT2D eigenvalue weighted by Gasteiger charge is -2.25. The summed E-state index contributed by atoms with van der Waals surface area (Å²) >= 11 is 0. The molecule has 0 aromatic carbocycles. The molecule has 1 amide bonds. The van der Waals surface area contributed by atoms with E-state index in [4.69, 9.17) is 0 Å². The zero-order valence-electron chi connectivity index (χ0n) is 8.42. The number of hydrogen-bond donors (Lipinski definition) is 1. The normalized spacial score (nSPS) is 38.0. The molecule has 1 N–H and O–H groups in total. The van der Waals surface area contributed by atoms with Crippen LogP contribution in [0.15, 0.2) is 0 Å². The van der Waals surface area contributed by atoms with Gasteiger partial charge in [-0.05, 0) is 18.3 Å². The van der Waals surface area contributed by atoms with Crippen LogP contribution >= 0.6 is 0 Å². The van der Waals surface area contributed by atoms with Crippen LogP contribution in [0.25, 0.3) is 0 Å². The second kappa shape index (κ2) is 3.29. The average molecular weight is 182 g/mol. The lowest BCUT2D eigenvalue weighted by molar-refractivity contribution is -0.130. The average Bonchev–Trinajstić information content (AvgIpc) is 2.60. The van der Waals surface area contributed by atoms with Crippen molar-refractivity contribution in [2.75, 3.05) is 19.6 Å². The Balaban J connectivity index is 2.12. The molecule has 2 aliphatic rings. The number of nitrogens with zero attached hydrogens (tertiary/aromatic N) is 1. The molecule has 74 valence electrons. The lowest BCUT2D eigenvalue weighted by atomic mass is 9.93. The summed E-state index contributed by atoms with van der Waals surface area (Å²) in [5.74, 6) is 1.68. The number of hydrogen-bond acceptors (Lipinski definition) is 2. The van der Waals surface area contributed by atoms with Crippen LogP contribution in [-0.4, -0.2) is 36.5 Å². The quantitative estimate of drug-likeness (QED) is 0.639. The SMILES string of the molecule is CCC1C2CNCC2CN1C(C)=O. The second-order valence-corrected chi connectivity index (χ2v) is 4.23. The molecule has 0 aromatic rings. The van der Waals surface area contributed by atoms with E-state index in [1.165, 1.54) is 0 Å². The van der Waals surface area contributed by atoms with Crippen molar-refractivity contribution < 1.29 is 4.79 Å². The number of amides is 1. The molecule has 0 radical (unpaired) electrons. The fraction of sp³-hybridized carbons (Fsp3) is 0.900. The number of fused-ring (bicyclic) bond motifs is 1. The number of carbonyl (C=O) groups excluding carboxylic acids is 1. The van der Waals surface area contributed by atoms with Crippen LogP contribution in [0.2, 0.25) is 0 Å². The van der Waals surface area contributed by atoms with Gasteiger partial charge >= 0.3 is 0 Å². The van der Waals surface area contributed by atoms with E-state index in [1.54, 1.807) is 6.92 Å². The van der Waals surface area contributed by atoms with Crippen LogP contribution in [0.1, 0.15) is 20.3 Å². The van der Waals surface area contributed by atoms with Crippen molar-refractivity contribution in [3.63, 3.8) is 0 Å². The summed E-state index contributed by atoms with van der Waals surface area (Å²) in [4.78, 5) is 13.4. The standard InChI is InChI=1S/C10H18N2O/c1-3-10-9-5-11-4-8(9)6-12(10)7(2)13/h8-11H,3-6H2,1-2H3. The summed E-state index contributed by atoms with van der Waals surface area (Å²) in [6.45, 7) is 7.06. The summed E-state index contributed by atoms with van der Waals surface area (Å²) in [6, 6.07) is 0.498. The molecule has 2 fully saturated rings. The van der Waals surface area contributed by atoms with Gasteiger partial charge in [0.05, 0.1) is 0 Å². The third-order valence-corrected chi connectivity index (χ3v) is 3.54. The first-order valence-corrected chi connectivity index (χ1v) is 5.22. The Labute approximate surface area is 79.5 Å². The van der Waals surface area contributed by atoms with E-state index < -0.39 is 0 Å². The Bertz CT molecular complexity index is 217. The van der Waals surface area contributed by atoms with E-state index in [2.05, 4.69) is 17.1 Å². The minimum Gasteiger partial charge on any atom is -0.339 e. The maximum atomic E-state index is 11.4. The number of likely N-dealkylation sites (tertiary alicyclic amines) is 1. The molecule has 0 bridgehead atoms. The van der Waals surface area contributed by atoms with Gasteiger partial charge in [-0.2, -0.15) is 0 Å². The Morgan fingerprint density at radius 2 is 2.31 bits per heavy atom. The largest absolute Gasteiger partial charge is 0.339 e. The van der Waals surface area contributed by atoms with Gasteiger partial charge in [-0.3, -0.25) is 4.79 Å². The summed E-state index contributed by atoms with van der Waals surface area (Å²) < 4.78 is 0. The van der Waals surface area contributed by atoms with Gasteiger partial charge in [-0.1, -0.05) is 6.92 Å². The van der Waals surface area contributed by atoms with Crippen LogP contribution < -0.4 is 5.32 Å². The Kier molecular flexibility index (Phi) is 2.28. The van der Waals surface area contributed by atoms with Gasteiger partial charge in [-0.25, -0.2) is 0 Å². The van der Waals surface area contributed by atoms with Crippen molar-refractivity contribution in [3.8, 4) is 0 Å². The third kappa shape index (κ3) is 1.35. The molecule has 0 saturated carbocycles. The highest BCUT2D eigenvalue weighted by Gasteiger charge is 2.43. The van der Waals surface area contributed by atoms with Crippen molar-refractivity contribution in [2.45, 2.75) is 26.3 Å². The molecule has 3 heteroatoms. The molecule has 0 aromatic heterocycles. The minimum atomic E-state index is 0.251. The topological polar surface area (TPSA) is 32.3 Å². The predicted octanol–water partition coefficient (Wildman–Crippen LogP) is 0.463. The summed E-state index contributed by atoms with van der Waals surface area (Å²) in [7, 11) is 0. The predicted molar refractivity (Wildman–Crippen MR) is 51.3 cm³/mol. The second-order valence-electron chi connectivity index (χ2n) is 4.23. The number of carbonyl (C=O) groups is 1. The molecule has 2 heterocycles. The fourth-order valence-corrected chi connectivity index (χ4v) is 2.91. The van der Waals surface area contributed by atoms with Crippen molar-refractivity contribution in [1.29, 1.82) is 0 Å². The van der Waals surface area contributed by atoms with E-state index >= 15 is 0 Å². The van der Waals surface area contributed by atoms with Crippen molar-refractivity contribution in [1.82, 2.24) is 10.2 Å². The highest BCUT2D eigenvalue weighted by molar-refractivity contribution is 5.74. The van der Waals surface area contributed by atoms with E-state index in [1.807, 2.05) is 0 Å². The van der Waals surface area contributed by atoms with Gasteiger partial charge in [0.2, 0.25) is 5.91 Å². The van der Waals surface area contributed by atoms with Crippen LogP contribution in [0.4, 0.5) is 0 Å². The first kappa shape index (κ1) is 9.00. The molecule has 2 rings (SSSR count). The van der Waals surface area contributed by atoms with Crippen molar-refractivity contribution in [3.05, 3.63) is 0 Å². The van der Waals surface area contributed by atoms with Crippen molar-refractivity contribution >= 4 is 5.91 Å². The van der Waals surface area contributed by atoms with E-state index in [-0.39, 0.29) is 5.91 Å². The van der Waals surface area contributed by atoms with Crippen LogP contribution in [0, 0.1) is 11.8 Å². The van der Waals surface area contributed by atoms with Crippen LogP contribution in [0.3, 0.4) is 0 Å². The molecule has 3 atom stereocenters. The fourth-order valence-electron chi connectivity index (χ4n) is 2.91. The molecular weight excluding hydrogens is 164 g/mol. The molecule has 0 aliphatic carbocycles. The van der Waals surface area contributed by atoms with Gasteiger partial charge in [0.1, 0.15) is 0 Å². The van der Waals surface area contributed by atoms with Crippen LogP contribution in [0.5, 0.6) is 0 Å². The molecule has 0 spiro atoms. The third-order valence-electron chi connectivity index (χ3n) is 3.54. The highest BCUT2D eigenvalue weighted by Crippen LogP contribution is 2.33. The van der Waals surface area contributed by atoms with Crippen molar-refractivity contribution in [2.24, 2.45) is 11.8 Å². The summed E-state index contributed by atoms with van der Waals surface area (Å²) in [6.07, 6.45) is 1.10. The zero-order valence-corrected chi connectivity index (χ0v) is 8.42. The van der Waals surface area contributed by atoms with Crippen LogP contribution in [-0.2, 0) is 4.79 Å². The first-order valence-electron chi connectivity index (χ1n) is 5.22. The van der Waals surface area contributed by atoms with Gasteiger partial charge < -0.3 is 10.2 Å². The molecular formula is C10H18N2O. The van der Waals surface area contributed by atoms with Gasteiger partial charge in [0, 0.05) is 32.6 Å². The Morgan fingerprint density at radius 1 is 1.54 bits per heavy atom. The van der Waals surface area contributed by atoms with E-state index in [9.17, 15) is 4.79 Å². The first-order chi connectivity index (χ1) is 6.24. The summed E-state index contributed by atoms with van der Waals surface area (Å²) in [5.41, 5.74) is 0. The molecule has 2 aliphatic heterocycles. The Hall–Kier alpha value is -0.570. The smallest absolute Gasteiger partial charge is 0.219 e. The van der Waals surface area contributed by atoms with Gasteiger partial charge in [-0.15, -0.1) is 0 Å². The van der Waals surface area contributed by atoms with Gasteiger partial charge in [0.25, 0.3) is 0 Å². The zero-order chi connectivity index (χ0) is 9.42. The lowest BCUT2D eigenvalue weighted by Crippen LogP contribution is -2.38. The van der Waals surface area contributed by atoms with Gasteiger partial charge in [0.15, 0.2) is 0 Å². The molecule has 13 heavy (non-hydrogen) atoms. The number of nitrogens with one attached hydrogen (secondary N) is 1. The maximum absolute atomic E-state index is 11.4. The molecule has 3 nitrogen and oxygen atoms in total. The highest BCUT2D eigenvalue weighted by atomic mass is 16.2. The monoisotopic (exact) mass is 182 g/mol. The molecule has 3 unspecified atom stereocenters. The maximum Gasteiger partial charge on any atom is 0.219 e. The minimum absolute atomic E-state index is 0.251.